The van der Waals surface area contributed by atoms with Gasteiger partial charge >= 0.3 is 7.12 Å². The second-order valence-corrected chi connectivity index (χ2v) is 18.9. The molecule has 0 bridgehead atoms. The molecule has 67 heavy (non-hydrogen) atoms. The average molecular weight is 867 g/mol. The number of para-hydroxylation sites is 5. The summed E-state index contributed by atoms with van der Waals surface area (Å²) < 4.78 is 17.7. The number of aromatic amines is 2. The maximum Gasteiger partial charge on any atom is 0.494 e. The van der Waals surface area contributed by atoms with Crippen molar-refractivity contribution >= 4 is 99.8 Å². The monoisotopic (exact) mass is 866 g/mol. The van der Waals surface area contributed by atoms with Crippen molar-refractivity contribution in [1.29, 1.82) is 0 Å². The van der Waals surface area contributed by atoms with Gasteiger partial charge in [-0.1, -0.05) is 158 Å². The molecule has 5 heterocycles. The van der Waals surface area contributed by atoms with Crippen LogP contribution in [0, 0.1) is 0 Å². The molecule has 13 aromatic rings. The Morgan fingerprint density at radius 2 is 0.866 bits per heavy atom. The first-order chi connectivity index (χ1) is 32.7. The van der Waals surface area contributed by atoms with Crippen LogP contribution in [0.15, 0.2) is 200 Å². The molecule has 4 aromatic heterocycles. The van der Waals surface area contributed by atoms with Crippen molar-refractivity contribution in [2.75, 3.05) is 0 Å². The molecule has 1 fully saturated rings. The standard InChI is InChI=1S/C36H31BN2O2.C24H16N2/c1-35(2)36(3,4)41-37(40-35)24-13-12-16-26(23-24)39-32-20-11-9-18-28(32)30-22-21-29-27-17-8-10-19-31(27)38(33(29)34(30)39)25-14-6-5-7-15-25;1-2-7-15(8-3-1)16-10-6-11-18-20-14-13-19-17-9-4-5-12-21(17)25-23(19)24(20)26-22(16)18/h5-23H,1-4H3;1-14,25-26H. The van der Waals surface area contributed by atoms with Crippen LogP contribution in [0.4, 0.5) is 0 Å². The first-order valence-electron chi connectivity index (χ1n) is 23.2. The minimum atomic E-state index is -0.427. The number of fused-ring (bicyclic) bond motifs is 14. The highest BCUT2D eigenvalue weighted by molar-refractivity contribution is 6.62. The predicted octanol–water partition coefficient (Wildman–Crippen LogP) is 14.8. The summed E-state index contributed by atoms with van der Waals surface area (Å²) in [5.74, 6) is 0. The van der Waals surface area contributed by atoms with Gasteiger partial charge in [0, 0.05) is 65.5 Å². The van der Waals surface area contributed by atoms with Gasteiger partial charge < -0.3 is 28.4 Å². The Morgan fingerprint density at radius 3 is 1.54 bits per heavy atom. The Balaban J connectivity index is 0.000000147. The quantitative estimate of drug-likeness (QED) is 0.173. The fourth-order valence-electron chi connectivity index (χ4n) is 10.6. The first-order valence-corrected chi connectivity index (χ1v) is 23.2. The van der Waals surface area contributed by atoms with Crippen LogP contribution >= 0.6 is 0 Å². The molecular weight excluding hydrogens is 819 g/mol. The summed E-state index contributed by atoms with van der Waals surface area (Å²) in [5, 5.41) is 10.0. The molecule has 14 rings (SSSR count). The van der Waals surface area contributed by atoms with Crippen LogP contribution in [0.25, 0.3) is 110 Å². The molecule has 1 saturated heterocycles. The fraction of sp³-hybridized carbons (Fsp3) is 0.100. The Kier molecular flexibility index (Phi) is 8.76. The van der Waals surface area contributed by atoms with Crippen molar-refractivity contribution in [2.24, 2.45) is 0 Å². The van der Waals surface area contributed by atoms with Crippen molar-refractivity contribution in [3.8, 4) is 22.5 Å². The molecule has 0 atom stereocenters. The Labute approximate surface area is 388 Å². The summed E-state index contributed by atoms with van der Waals surface area (Å²) in [5.41, 5.74) is 14.4. The molecule has 9 aromatic carbocycles. The fourth-order valence-corrected chi connectivity index (χ4v) is 10.6. The van der Waals surface area contributed by atoms with Crippen molar-refractivity contribution in [3.63, 3.8) is 0 Å². The molecular formula is C60H47BN4O2. The first kappa shape index (κ1) is 39.5. The zero-order valence-corrected chi connectivity index (χ0v) is 37.8. The summed E-state index contributed by atoms with van der Waals surface area (Å²) in [4.78, 5) is 7.33. The number of nitrogens with zero attached hydrogens (tertiary/aromatic N) is 2. The Bertz CT molecular complexity index is 4050. The van der Waals surface area contributed by atoms with E-state index in [0.29, 0.717) is 0 Å². The summed E-state index contributed by atoms with van der Waals surface area (Å²) in [7, 11) is -0.427. The van der Waals surface area contributed by atoms with E-state index < -0.39 is 18.3 Å². The summed E-state index contributed by atoms with van der Waals surface area (Å²) in [6.07, 6.45) is 0. The van der Waals surface area contributed by atoms with E-state index in [9.17, 15) is 0 Å². The lowest BCUT2D eigenvalue weighted by atomic mass is 9.79. The average Bonchev–Trinajstić information content (AvgIpc) is 4.16. The molecule has 0 saturated carbocycles. The zero-order valence-electron chi connectivity index (χ0n) is 37.8. The third-order valence-corrected chi connectivity index (χ3v) is 14.5. The van der Waals surface area contributed by atoms with E-state index in [1.807, 2.05) is 0 Å². The van der Waals surface area contributed by atoms with E-state index in [4.69, 9.17) is 9.31 Å². The van der Waals surface area contributed by atoms with Crippen LogP contribution in [-0.4, -0.2) is 37.4 Å². The number of nitrogens with one attached hydrogen (secondary N) is 2. The van der Waals surface area contributed by atoms with Gasteiger partial charge in [0.15, 0.2) is 0 Å². The van der Waals surface area contributed by atoms with Crippen molar-refractivity contribution in [2.45, 2.75) is 38.9 Å². The summed E-state index contributed by atoms with van der Waals surface area (Å²) in [6, 6.07) is 71.4. The number of benzene rings is 9. The SMILES string of the molecule is CC1(C)OB(c2cccc(-n3c4ccccc4c4ccc5c6ccccc6n(-c6ccccc6)c5c43)c2)OC1(C)C.c1ccc(-c2cccc3c2[nH]c2c3ccc3c4ccccc4[nH]c32)cc1. The molecule has 0 amide bonds. The van der Waals surface area contributed by atoms with E-state index in [1.54, 1.807) is 0 Å². The third kappa shape index (κ3) is 6.05. The molecule has 1 aliphatic rings. The smallest absolute Gasteiger partial charge is 0.399 e. The summed E-state index contributed by atoms with van der Waals surface area (Å²) >= 11 is 0. The number of hydrogen-bond acceptors (Lipinski definition) is 2. The zero-order chi connectivity index (χ0) is 45.0. The van der Waals surface area contributed by atoms with E-state index in [2.05, 4.69) is 247 Å². The van der Waals surface area contributed by atoms with E-state index in [0.717, 1.165) is 16.8 Å². The lowest BCUT2D eigenvalue weighted by Gasteiger charge is -2.32. The van der Waals surface area contributed by atoms with Gasteiger partial charge in [-0.25, -0.2) is 0 Å². The topological polar surface area (TPSA) is 59.9 Å². The predicted molar refractivity (Wildman–Crippen MR) is 281 cm³/mol. The van der Waals surface area contributed by atoms with Crippen molar-refractivity contribution in [3.05, 3.63) is 200 Å². The molecule has 0 aliphatic carbocycles. The van der Waals surface area contributed by atoms with Crippen LogP contribution in [0.5, 0.6) is 0 Å². The highest BCUT2D eigenvalue weighted by Gasteiger charge is 2.51. The second kappa shape index (κ2) is 14.8. The van der Waals surface area contributed by atoms with Gasteiger partial charge in [0.1, 0.15) is 0 Å². The minimum absolute atomic E-state index is 0.400. The maximum atomic E-state index is 6.45. The minimum Gasteiger partial charge on any atom is -0.399 e. The Morgan fingerprint density at radius 1 is 0.388 bits per heavy atom. The number of hydrogen-bond donors (Lipinski definition) is 2. The number of H-pyrrole nitrogens is 2. The van der Waals surface area contributed by atoms with Gasteiger partial charge in [0.2, 0.25) is 0 Å². The largest absolute Gasteiger partial charge is 0.494 e. The van der Waals surface area contributed by atoms with Crippen LogP contribution in [0.2, 0.25) is 0 Å². The molecule has 7 heteroatoms. The van der Waals surface area contributed by atoms with Gasteiger partial charge in [0.05, 0.1) is 49.8 Å². The molecule has 2 N–H and O–H groups in total. The van der Waals surface area contributed by atoms with Crippen LogP contribution in [0.3, 0.4) is 0 Å². The van der Waals surface area contributed by atoms with Gasteiger partial charge in [0.25, 0.3) is 0 Å². The molecule has 0 unspecified atom stereocenters. The molecule has 0 radical (unpaired) electrons. The highest BCUT2D eigenvalue weighted by atomic mass is 16.7. The van der Waals surface area contributed by atoms with Crippen LogP contribution < -0.4 is 5.46 Å². The van der Waals surface area contributed by atoms with Gasteiger partial charge in [-0.15, -0.1) is 0 Å². The molecule has 1 aliphatic heterocycles. The van der Waals surface area contributed by atoms with Crippen LogP contribution in [0.1, 0.15) is 27.7 Å². The molecule has 6 nitrogen and oxygen atoms in total. The van der Waals surface area contributed by atoms with Crippen molar-refractivity contribution in [1.82, 2.24) is 19.1 Å². The normalized spacial score (nSPS) is 14.7. The van der Waals surface area contributed by atoms with Gasteiger partial charge in [-0.05, 0) is 81.2 Å². The van der Waals surface area contributed by atoms with E-state index in [1.165, 1.54) is 98.4 Å². The maximum absolute atomic E-state index is 6.45. The lowest BCUT2D eigenvalue weighted by Crippen LogP contribution is -2.41. The van der Waals surface area contributed by atoms with E-state index in [-0.39, 0.29) is 0 Å². The third-order valence-electron chi connectivity index (χ3n) is 14.5. The molecule has 322 valence electrons. The lowest BCUT2D eigenvalue weighted by molar-refractivity contribution is 0.00578. The van der Waals surface area contributed by atoms with Crippen LogP contribution in [-0.2, 0) is 9.31 Å². The number of aromatic nitrogens is 4. The van der Waals surface area contributed by atoms with E-state index >= 15 is 0 Å². The highest BCUT2D eigenvalue weighted by Crippen LogP contribution is 2.43. The second-order valence-electron chi connectivity index (χ2n) is 18.9. The van der Waals surface area contributed by atoms with Crippen molar-refractivity contribution < 1.29 is 9.31 Å². The van der Waals surface area contributed by atoms with Gasteiger partial charge in [-0.3, -0.25) is 0 Å². The Hall–Kier alpha value is -7.84. The summed E-state index contributed by atoms with van der Waals surface area (Å²) in [6.45, 7) is 8.40. The van der Waals surface area contributed by atoms with Gasteiger partial charge in [-0.2, -0.15) is 0 Å². The molecule has 0 spiro atoms. The number of rotatable bonds is 4.